The molecule has 0 atom stereocenters. The third kappa shape index (κ3) is 2.72. The van der Waals surface area contributed by atoms with E-state index in [-0.39, 0.29) is 11.9 Å². The van der Waals surface area contributed by atoms with Crippen LogP contribution in [-0.2, 0) is 20.7 Å². The van der Waals surface area contributed by atoms with Crippen LogP contribution in [0.2, 0.25) is 0 Å². The zero-order valence-electron chi connectivity index (χ0n) is 9.53. The van der Waals surface area contributed by atoms with E-state index in [0.29, 0.717) is 13.0 Å². The van der Waals surface area contributed by atoms with Gasteiger partial charge in [0, 0.05) is 11.8 Å². The first kappa shape index (κ1) is 11.4. The van der Waals surface area contributed by atoms with Crippen LogP contribution in [0.5, 0.6) is 0 Å². The molecule has 1 aromatic carbocycles. The first-order chi connectivity index (χ1) is 8.19. The van der Waals surface area contributed by atoms with Gasteiger partial charge in [-0.25, -0.2) is 4.79 Å². The first-order valence-corrected chi connectivity index (χ1v) is 5.46. The van der Waals surface area contributed by atoms with Gasteiger partial charge in [-0.3, -0.25) is 4.79 Å². The third-order valence-corrected chi connectivity index (χ3v) is 2.46. The van der Waals surface area contributed by atoms with E-state index in [4.69, 9.17) is 4.74 Å². The quantitative estimate of drug-likeness (QED) is 0.637. The van der Waals surface area contributed by atoms with Crippen molar-refractivity contribution in [2.75, 3.05) is 11.9 Å². The lowest BCUT2D eigenvalue weighted by molar-refractivity contribution is -0.137. The van der Waals surface area contributed by atoms with Crippen molar-refractivity contribution in [3.05, 3.63) is 35.4 Å². The summed E-state index contributed by atoms with van der Waals surface area (Å²) in [6, 6.07) is 5.60. The lowest BCUT2D eigenvalue weighted by Crippen LogP contribution is -2.03. The van der Waals surface area contributed by atoms with Crippen molar-refractivity contribution in [2.24, 2.45) is 0 Å². The average molecular weight is 231 g/mol. The zero-order chi connectivity index (χ0) is 12.3. The van der Waals surface area contributed by atoms with Crippen LogP contribution in [0, 0.1) is 0 Å². The van der Waals surface area contributed by atoms with Gasteiger partial charge in [0.05, 0.1) is 13.0 Å². The molecule has 0 radical (unpaired) electrons. The second kappa shape index (κ2) is 4.82. The fourth-order valence-corrected chi connectivity index (χ4v) is 1.69. The van der Waals surface area contributed by atoms with Gasteiger partial charge in [-0.15, -0.1) is 0 Å². The van der Waals surface area contributed by atoms with Crippen molar-refractivity contribution in [2.45, 2.75) is 13.3 Å². The number of rotatable bonds is 3. The van der Waals surface area contributed by atoms with E-state index in [1.54, 1.807) is 13.0 Å². The van der Waals surface area contributed by atoms with Crippen molar-refractivity contribution in [3.63, 3.8) is 0 Å². The number of ether oxygens (including phenoxy) is 1. The largest absolute Gasteiger partial charge is 0.463 e. The molecule has 1 N–H and O–H groups in total. The number of fused-ring (bicyclic) bond motifs is 1. The fourth-order valence-electron chi connectivity index (χ4n) is 1.69. The monoisotopic (exact) mass is 231 g/mol. The van der Waals surface area contributed by atoms with E-state index >= 15 is 0 Å². The lowest BCUT2D eigenvalue weighted by Gasteiger charge is -2.00. The summed E-state index contributed by atoms with van der Waals surface area (Å²) in [5.41, 5.74) is 2.67. The molecule has 4 nitrogen and oxygen atoms in total. The Balaban J connectivity index is 2.11. The number of carbonyl (C=O) groups is 2. The van der Waals surface area contributed by atoms with Crippen molar-refractivity contribution in [3.8, 4) is 0 Å². The Hall–Kier alpha value is -2.10. The highest BCUT2D eigenvalue weighted by Gasteiger charge is 2.16. The van der Waals surface area contributed by atoms with Gasteiger partial charge in [0.2, 0.25) is 5.91 Å². The highest BCUT2D eigenvalue weighted by atomic mass is 16.5. The zero-order valence-corrected chi connectivity index (χ0v) is 9.53. The number of nitrogens with one attached hydrogen (secondary N) is 1. The highest BCUT2D eigenvalue weighted by Crippen LogP contribution is 2.24. The minimum absolute atomic E-state index is 0.00604. The van der Waals surface area contributed by atoms with Crippen LogP contribution in [-0.4, -0.2) is 18.5 Å². The van der Waals surface area contributed by atoms with Crippen molar-refractivity contribution >= 4 is 23.6 Å². The molecule has 17 heavy (non-hydrogen) atoms. The second-order valence-electron chi connectivity index (χ2n) is 3.73. The molecule has 0 unspecified atom stereocenters. The summed E-state index contributed by atoms with van der Waals surface area (Å²) in [6.07, 6.45) is 3.47. The molecule has 0 spiro atoms. The summed E-state index contributed by atoms with van der Waals surface area (Å²) >= 11 is 0. The Morgan fingerprint density at radius 1 is 1.53 bits per heavy atom. The summed E-state index contributed by atoms with van der Waals surface area (Å²) in [7, 11) is 0. The standard InChI is InChI=1S/C13H13NO3/c1-2-17-13(16)6-4-9-3-5-10-8-12(15)14-11(10)7-9/h3-7H,2,8H2,1H3,(H,14,15). The minimum Gasteiger partial charge on any atom is -0.463 e. The van der Waals surface area contributed by atoms with Gasteiger partial charge < -0.3 is 10.1 Å². The summed E-state index contributed by atoms with van der Waals surface area (Å²) in [5, 5.41) is 2.76. The van der Waals surface area contributed by atoms with Gasteiger partial charge in [-0.05, 0) is 30.2 Å². The van der Waals surface area contributed by atoms with E-state index in [9.17, 15) is 9.59 Å². The average Bonchev–Trinajstić information content (AvgIpc) is 2.66. The molecule has 0 aliphatic carbocycles. The Morgan fingerprint density at radius 2 is 2.35 bits per heavy atom. The van der Waals surface area contributed by atoms with Crippen LogP contribution in [0.25, 0.3) is 6.08 Å². The molecule has 1 amide bonds. The van der Waals surface area contributed by atoms with E-state index in [1.807, 2.05) is 18.2 Å². The predicted octanol–water partition coefficient (Wildman–Crippen LogP) is 1.76. The Kier molecular flexibility index (Phi) is 3.23. The number of hydrogen-bond donors (Lipinski definition) is 1. The summed E-state index contributed by atoms with van der Waals surface area (Å²) < 4.78 is 4.78. The molecule has 1 aliphatic heterocycles. The fraction of sp³-hybridized carbons (Fsp3) is 0.231. The molecular formula is C13H13NO3. The minimum atomic E-state index is -0.364. The topological polar surface area (TPSA) is 55.4 Å². The van der Waals surface area contributed by atoms with Gasteiger partial charge in [-0.1, -0.05) is 12.1 Å². The Bertz CT molecular complexity index is 491. The van der Waals surface area contributed by atoms with E-state index in [0.717, 1.165) is 16.8 Å². The third-order valence-electron chi connectivity index (χ3n) is 2.46. The maximum atomic E-state index is 11.2. The SMILES string of the molecule is CCOC(=O)C=Cc1ccc2c(c1)NC(=O)C2. The number of carbonyl (C=O) groups excluding carboxylic acids is 2. The van der Waals surface area contributed by atoms with Crippen LogP contribution < -0.4 is 5.32 Å². The van der Waals surface area contributed by atoms with Crippen LogP contribution in [0.4, 0.5) is 5.69 Å². The van der Waals surface area contributed by atoms with E-state index in [2.05, 4.69) is 5.32 Å². The summed E-state index contributed by atoms with van der Waals surface area (Å²) in [4.78, 5) is 22.3. The van der Waals surface area contributed by atoms with Gasteiger partial charge >= 0.3 is 5.97 Å². The van der Waals surface area contributed by atoms with Gasteiger partial charge in [0.1, 0.15) is 0 Å². The molecule has 1 aromatic rings. The summed E-state index contributed by atoms with van der Waals surface area (Å²) in [5.74, 6) is -0.358. The van der Waals surface area contributed by atoms with Crippen molar-refractivity contribution in [1.29, 1.82) is 0 Å². The maximum Gasteiger partial charge on any atom is 0.330 e. The van der Waals surface area contributed by atoms with E-state index < -0.39 is 0 Å². The normalized spacial score (nSPS) is 13.6. The van der Waals surface area contributed by atoms with Crippen LogP contribution in [0.3, 0.4) is 0 Å². The molecule has 1 aliphatic rings. The summed E-state index contributed by atoms with van der Waals surface area (Å²) in [6.45, 7) is 2.13. The highest BCUT2D eigenvalue weighted by molar-refractivity contribution is 5.99. The number of esters is 1. The molecule has 4 heteroatoms. The van der Waals surface area contributed by atoms with Gasteiger partial charge in [0.25, 0.3) is 0 Å². The predicted molar refractivity (Wildman–Crippen MR) is 64.4 cm³/mol. The number of anilines is 1. The van der Waals surface area contributed by atoms with E-state index in [1.165, 1.54) is 6.08 Å². The molecule has 2 rings (SSSR count). The molecule has 0 bridgehead atoms. The Labute approximate surface area is 99.3 Å². The van der Waals surface area contributed by atoms with Gasteiger partial charge in [-0.2, -0.15) is 0 Å². The van der Waals surface area contributed by atoms with Crippen LogP contribution in [0.1, 0.15) is 18.1 Å². The molecule has 1 heterocycles. The van der Waals surface area contributed by atoms with Crippen molar-refractivity contribution in [1.82, 2.24) is 0 Å². The molecule has 88 valence electrons. The number of hydrogen-bond acceptors (Lipinski definition) is 3. The Morgan fingerprint density at radius 3 is 3.12 bits per heavy atom. The number of amides is 1. The first-order valence-electron chi connectivity index (χ1n) is 5.46. The molecule has 0 aromatic heterocycles. The van der Waals surface area contributed by atoms with Crippen molar-refractivity contribution < 1.29 is 14.3 Å². The second-order valence-corrected chi connectivity index (χ2v) is 3.73. The van der Waals surface area contributed by atoms with Crippen LogP contribution in [0.15, 0.2) is 24.3 Å². The number of benzene rings is 1. The molecule has 0 fully saturated rings. The lowest BCUT2D eigenvalue weighted by atomic mass is 10.1. The van der Waals surface area contributed by atoms with Crippen LogP contribution >= 0.6 is 0 Å². The molecule has 0 saturated heterocycles. The molecular weight excluding hydrogens is 218 g/mol. The van der Waals surface area contributed by atoms with Gasteiger partial charge in [0.15, 0.2) is 0 Å². The maximum absolute atomic E-state index is 11.2. The molecule has 0 saturated carbocycles. The smallest absolute Gasteiger partial charge is 0.330 e.